The molecule has 0 heterocycles. The third-order valence-corrected chi connectivity index (χ3v) is 6.23. The minimum atomic E-state index is -3.82. The van der Waals surface area contributed by atoms with E-state index >= 15 is 0 Å². The van der Waals surface area contributed by atoms with Gasteiger partial charge in [-0.25, -0.2) is 8.42 Å². The fourth-order valence-corrected chi connectivity index (χ4v) is 4.12. The van der Waals surface area contributed by atoms with Gasteiger partial charge in [-0.05, 0) is 67.9 Å². The SMILES string of the molecule is COc1ccccc1O[C@H](C)C(=O)Nc1ccc(S(=O)(=O)Nc2cc(Cl)ccc2C)cc1. The molecule has 168 valence electrons. The average molecular weight is 475 g/mol. The van der Waals surface area contributed by atoms with E-state index in [4.69, 9.17) is 21.1 Å². The van der Waals surface area contributed by atoms with Gasteiger partial charge in [0.25, 0.3) is 15.9 Å². The molecule has 0 aliphatic heterocycles. The van der Waals surface area contributed by atoms with E-state index in [1.165, 1.54) is 31.4 Å². The molecule has 0 saturated heterocycles. The molecule has 3 rings (SSSR count). The van der Waals surface area contributed by atoms with Crippen molar-refractivity contribution in [1.82, 2.24) is 0 Å². The van der Waals surface area contributed by atoms with E-state index in [0.717, 1.165) is 5.56 Å². The van der Waals surface area contributed by atoms with Gasteiger partial charge in [-0.1, -0.05) is 29.8 Å². The monoisotopic (exact) mass is 474 g/mol. The molecule has 0 fully saturated rings. The minimum absolute atomic E-state index is 0.0493. The van der Waals surface area contributed by atoms with Gasteiger partial charge < -0.3 is 14.8 Å². The van der Waals surface area contributed by atoms with E-state index in [1.54, 1.807) is 56.3 Å². The summed E-state index contributed by atoms with van der Waals surface area (Å²) in [5.74, 6) is 0.574. The lowest BCUT2D eigenvalue weighted by Crippen LogP contribution is -2.30. The molecule has 0 bridgehead atoms. The van der Waals surface area contributed by atoms with Crippen molar-refractivity contribution in [2.24, 2.45) is 0 Å². The largest absolute Gasteiger partial charge is 0.493 e. The van der Waals surface area contributed by atoms with Gasteiger partial charge in [-0.3, -0.25) is 9.52 Å². The Morgan fingerprint density at radius 1 is 1.00 bits per heavy atom. The van der Waals surface area contributed by atoms with Gasteiger partial charge in [-0.2, -0.15) is 0 Å². The Bertz CT molecular complexity index is 1210. The molecule has 2 N–H and O–H groups in total. The van der Waals surface area contributed by atoms with Crippen molar-refractivity contribution in [3.63, 3.8) is 0 Å². The molecule has 1 amide bonds. The van der Waals surface area contributed by atoms with Crippen molar-refractivity contribution in [3.05, 3.63) is 77.3 Å². The Hall–Kier alpha value is -3.23. The molecule has 0 saturated carbocycles. The number of ether oxygens (including phenoxy) is 2. The summed E-state index contributed by atoms with van der Waals surface area (Å²) < 4.78 is 38.8. The first-order valence-electron chi connectivity index (χ1n) is 9.69. The average Bonchev–Trinajstić information content (AvgIpc) is 2.76. The lowest BCUT2D eigenvalue weighted by Gasteiger charge is -2.17. The number of aryl methyl sites for hydroxylation is 1. The molecule has 32 heavy (non-hydrogen) atoms. The van der Waals surface area contributed by atoms with Crippen LogP contribution >= 0.6 is 11.6 Å². The first-order valence-corrected chi connectivity index (χ1v) is 11.6. The highest BCUT2D eigenvalue weighted by atomic mass is 35.5. The molecule has 0 unspecified atom stereocenters. The van der Waals surface area contributed by atoms with Crippen LogP contribution in [-0.2, 0) is 14.8 Å². The van der Waals surface area contributed by atoms with Gasteiger partial charge in [0, 0.05) is 10.7 Å². The van der Waals surface area contributed by atoms with Crippen molar-refractivity contribution in [3.8, 4) is 11.5 Å². The molecule has 1 atom stereocenters. The van der Waals surface area contributed by atoms with Gasteiger partial charge in [0.2, 0.25) is 0 Å². The first-order chi connectivity index (χ1) is 15.2. The lowest BCUT2D eigenvalue weighted by molar-refractivity contribution is -0.122. The normalized spacial score (nSPS) is 12.0. The Labute approximate surface area is 192 Å². The fraction of sp³-hybridized carbons (Fsp3) is 0.174. The van der Waals surface area contributed by atoms with E-state index in [2.05, 4.69) is 10.0 Å². The predicted octanol–water partition coefficient (Wildman–Crippen LogP) is 4.86. The maximum Gasteiger partial charge on any atom is 0.265 e. The van der Waals surface area contributed by atoms with Crippen LogP contribution in [0.3, 0.4) is 0 Å². The number of hydrogen-bond acceptors (Lipinski definition) is 5. The number of sulfonamides is 1. The summed E-state index contributed by atoms with van der Waals surface area (Å²) in [5.41, 5.74) is 1.58. The highest BCUT2D eigenvalue weighted by molar-refractivity contribution is 7.92. The smallest absolute Gasteiger partial charge is 0.265 e. The highest BCUT2D eigenvalue weighted by Gasteiger charge is 2.19. The number of halogens is 1. The molecule has 7 nitrogen and oxygen atoms in total. The summed E-state index contributed by atoms with van der Waals surface area (Å²) in [4.78, 5) is 12.5. The van der Waals surface area contributed by atoms with Crippen LogP contribution in [0, 0.1) is 6.92 Å². The summed E-state index contributed by atoms with van der Waals surface area (Å²) >= 11 is 5.96. The highest BCUT2D eigenvalue weighted by Crippen LogP contribution is 2.27. The van der Waals surface area contributed by atoms with Crippen LogP contribution in [0.15, 0.2) is 71.6 Å². The van der Waals surface area contributed by atoms with E-state index in [9.17, 15) is 13.2 Å². The van der Waals surface area contributed by atoms with E-state index < -0.39 is 16.1 Å². The number of nitrogens with one attached hydrogen (secondary N) is 2. The molecular weight excluding hydrogens is 452 g/mol. The second-order valence-corrected chi connectivity index (χ2v) is 9.11. The number of para-hydroxylation sites is 2. The molecule has 0 aromatic heterocycles. The van der Waals surface area contributed by atoms with Gasteiger partial charge in [0.15, 0.2) is 17.6 Å². The number of anilines is 2. The maximum atomic E-state index is 12.7. The predicted molar refractivity (Wildman–Crippen MR) is 125 cm³/mol. The third-order valence-electron chi connectivity index (χ3n) is 4.62. The number of benzene rings is 3. The molecule has 0 aliphatic rings. The van der Waals surface area contributed by atoms with E-state index in [0.29, 0.717) is 27.9 Å². The van der Waals surface area contributed by atoms with E-state index in [-0.39, 0.29) is 10.8 Å². The van der Waals surface area contributed by atoms with Crippen LogP contribution in [0.4, 0.5) is 11.4 Å². The van der Waals surface area contributed by atoms with Crippen molar-refractivity contribution >= 4 is 38.9 Å². The zero-order valence-electron chi connectivity index (χ0n) is 17.8. The van der Waals surface area contributed by atoms with Crippen molar-refractivity contribution in [2.75, 3.05) is 17.1 Å². The molecule has 0 radical (unpaired) electrons. The summed E-state index contributed by atoms with van der Waals surface area (Å²) in [6.45, 7) is 3.39. The quantitative estimate of drug-likeness (QED) is 0.486. The summed E-state index contributed by atoms with van der Waals surface area (Å²) in [5, 5.41) is 3.13. The zero-order valence-corrected chi connectivity index (χ0v) is 19.3. The topological polar surface area (TPSA) is 93.7 Å². The molecule has 9 heteroatoms. The number of rotatable bonds is 8. The van der Waals surface area contributed by atoms with Crippen LogP contribution in [0.5, 0.6) is 11.5 Å². The Balaban J connectivity index is 1.67. The van der Waals surface area contributed by atoms with Crippen LogP contribution in [0.2, 0.25) is 5.02 Å². The van der Waals surface area contributed by atoms with Gasteiger partial charge in [0.05, 0.1) is 17.7 Å². The number of hydrogen-bond donors (Lipinski definition) is 2. The molecule has 0 spiro atoms. The first kappa shape index (κ1) is 23.4. The van der Waals surface area contributed by atoms with Gasteiger partial charge in [0.1, 0.15) is 0 Å². The summed E-state index contributed by atoms with van der Waals surface area (Å²) in [7, 11) is -2.30. The van der Waals surface area contributed by atoms with Gasteiger partial charge in [-0.15, -0.1) is 0 Å². The van der Waals surface area contributed by atoms with E-state index in [1.807, 2.05) is 0 Å². The number of carbonyl (C=O) groups is 1. The standard InChI is InChI=1S/C23H23ClN2O5S/c1-15-8-9-17(24)14-20(15)26-32(28,29)19-12-10-18(11-13-19)25-23(27)16(2)31-22-7-5-4-6-21(22)30-3/h4-14,16,26H,1-3H3,(H,25,27)/t16-/m1/s1. The number of carbonyl (C=O) groups excluding carboxylic acids is 1. The van der Waals surface area contributed by atoms with Crippen LogP contribution in [0.1, 0.15) is 12.5 Å². The lowest BCUT2D eigenvalue weighted by atomic mass is 10.2. The Morgan fingerprint density at radius 2 is 1.66 bits per heavy atom. The van der Waals surface area contributed by atoms with Crippen LogP contribution < -0.4 is 19.5 Å². The maximum absolute atomic E-state index is 12.7. The minimum Gasteiger partial charge on any atom is -0.493 e. The molecule has 3 aromatic carbocycles. The summed E-state index contributed by atoms with van der Waals surface area (Å²) in [6.07, 6.45) is -0.804. The molecule has 0 aliphatic carbocycles. The Morgan fingerprint density at radius 3 is 2.31 bits per heavy atom. The third kappa shape index (κ3) is 5.72. The molecule has 3 aromatic rings. The van der Waals surface area contributed by atoms with Crippen LogP contribution in [0.25, 0.3) is 0 Å². The summed E-state index contributed by atoms with van der Waals surface area (Å²) in [6, 6.07) is 17.8. The van der Waals surface area contributed by atoms with Crippen molar-refractivity contribution in [2.45, 2.75) is 24.8 Å². The number of amides is 1. The number of methoxy groups -OCH3 is 1. The fourth-order valence-electron chi connectivity index (χ4n) is 2.83. The molecular formula is C23H23ClN2O5S. The van der Waals surface area contributed by atoms with Crippen molar-refractivity contribution in [1.29, 1.82) is 0 Å². The zero-order chi connectivity index (χ0) is 23.3. The van der Waals surface area contributed by atoms with Crippen LogP contribution in [-0.4, -0.2) is 27.5 Å². The Kier molecular flexibility index (Phi) is 7.27. The second-order valence-electron chi connectivity index (χ2n) is 6.99. The second kappa shape index (κ2) is 9.93. The van der Waals surface area contributed by atoms with Crippen molar-refractivity contribution < 1.29 is 22.7 Å². The van der Waals surface area contributed by atoms with Gasteiger partial charge >= 0.3 is 0 Å².